The lowest BCUT2D eigenvalue weighted by Gasteiger charge is -2.25. The maximum Gasteiger partial charge on any atom is 0.416 e. The van der Waals surface area contributed by atoms with Crippen molar-refractivity contribution in [1.29, 1.82) is 0 Å². The zero-order valence-electron chi connectivity index (χ0n) is 18.1. The third-order valence-corrected chi connectivity index (χ3v) is 6.65. The van der Waals surface area contributed by atoms with Gasteiger partial charge in [0, 0.05) is 22.8 Å². The Morgan fingerprint density at radius 1 is 1.18 bits per heavy atom. The fourth-order valence-electron chi connectivity index (χ4n) is 4.75. The van der Waals surface area contributed by atoms with Gasteiger partial charge in [0.25, 0.3) is 0 Å². The van der Waals surface area contributed by atoms with Gasteiger partial charge in [0.1, 0.15) is 5.52 Å². The van der Waals surface area contributed by atoms with E-state index < -0.39 is 11.7 Å². The van der Waals surface area contributed by atoms with E-state index in [4.69, 9.17) is 16.6 Å². The molecule has 2 fully saturated rings. The molecule has 5 rings (SSSR count). The molecule has 1 aromatic carbocycles. The Morgan fingerprint density at radius 3 is 2.67 bits per heavy atom. The number of halogens is 4. The van der Waals surface area contributed by atoms with Gasteiger partial charge in [0.15, 0.2) is 5.65 Å². The molecule has 2 aliphatic rings. The predicted molar refractivity (Wildman–Crippen MR) is 122 cm³/mol. The smallest absolute Gasteiger partial charge is 0.349 e. The molecule has 3 heterocycles. The summed E-state index contributed by atoms with van der Waals surface area (Å²) in [6, 6.07) is 3.45. The second-order valence-electron chi connectivity index (χ2n) is 9.10. The molecule has 0 bridgehead atoms. The summed E-state index contributed by atoms with van der Waals surface area (Å²) in [5.74, 6) is 0.945. The summed E-state index contributed by atoms with van der Waals surface area (Å²) in [4.78, 5) is 13.8. The van der Waals surface area contributed by atoms with Crippen LogP contribution in [0.4, 0.5) is 30.8 Å². The first-order valence-electron chi connectivity index (χ1n) is 11.1. The molecule has 1 atom stereocenters. The van der Waals surface area contributed by atoms with E-state index in [2.05, 4.69) is 32.8 Å². The number of alkyl halides is 3. The molecular formula is C22H25ClF3N7. The van der Waals surface area contributed by atoms with Crippen molar-refractivity contribution in [3.63, 3.8) is 0 Å². The van der Waals surface area contributed by atoms with E-state index in [0.29, 0.717) is 29.6 Å². The Kier molecular flexibility index (Phi) is 5.60. The fraction of sp³-hybridized carbons (Fsp3) is 0.500. The van der Waals surface area contributed by atoms with Crippen molar-refractivity contribution in [1.82, 2.24) is 24.8 Å². The van der Waals surface area contributed by atoms with Crippen LogP contribution < -0.4 is 16.0 Å². The van der Waals surface area contributed by atoms with Crippen molar-refractivity contribution < 1.29 is 13.2 Å². The summed E-state index contributed by atoms with van der Waals surface area (Å²) >= 11 is 5.97. The first-order valence-corrected chi connectivity index (χ1v) is 11.5. The van der Waals surface area contributed by atoms with Gasteiger partial charge in [-0.15, -0.1) is 0 Å². The minimum Gasteiger partial charge on any atom is -0.349 e. The van der Waals surface area contributed by atoms with E-state index in [1.165, 1.54) is 18.9 Å². The first-order chi connectivity index (χ1) is 15.7. The SMILES string of the molecule is CC1(Nc2ncc3nc(Nc4cc(Cl)cc(C(F)(F)F)c4)n(C4CCNC4)c3n2)CCCC1. The molecule has 3 N–H and O–H groups in total. The van der Waals surface area contributed by atoms with Gasteiger partial charge in [-0.3, -0.25) is 4.57 Å². The molecule has 1 unspecified atom stereocenters. The summed E-state index contributed by atoms with van der Waals surface area (Å²) < 4.78 is 41.8. The molecule has 2 aromatic heterocycles. The second kappa shape index (κ2) is 8.32. The van der Waals surface area contributed by atoms with Gasteiger partial charge in [0.2, 0.25) is 11.9 Å². The van der Waals surface area contributed by atoms with Crippen molar-refractivity contribution in [2.45, 2.75) is 56.8 Å². The van der Waals surface area contributed by atoms with Crippen LogP contribution in [0, 0.1) is 0 Å². The number of benzene rings is 1. The van der Waals surface area contributed by atoms with Crippen LogP contribution >= 0.6 is 11.6 Å². The molecule has 176 valence electrons. The summed E-state index contributed by atoms with van der Waals surface area (Å²) in [5.41, 5.74) is 0.567. The van der Waals surface area contributed by atoms with Crippen molar-refractivity contribution in [3.8, 4) is 0 Å². The van der Waals surface area contributed by atoms with Crippen LogP contribution in [0.2, 0.25) is 5.02 Å². The lowest BCUT2D eigenvalue weighted by Crippen LogP contribution is -2.31. The number of aromatic nitrogens is 4. The Balaban J connectivity index is 1.54. The van der Waals surface area contributed by atoms with E-state index in [1.54, 1.807) is 6.20 Å². The standard InChI is InChI=1S/C22H25ClF3N7/c1-21(5-2-3-6-21)32-19-28-12-17-18(31-19)33(16-4-7-27-11-16)20(30-17)29-15-9-13(22(24,25)26)8-14(23)10-15/h8-10,12,16,27H,2-7,11H2,1H3,(H,29,30)(H,28,31,32). The average molecular weight is 480 g/mol. The molecule has 0 amide bonds. The minimum atomic E-state index is -4.50. The monoisotopic (exact) mass is 479 g/mol. The highest BCUT2D eigenvalue weighted by molar-refractivity contribution is 6.31. The maximum absolute atomic E-state index is 13.3. The quantitative estimate of drug-likeness (QED) is 0.447. The number of nitrogens with zero attached hydrogens (tertiary/aromatic N) is 4. The lowest BCUT2D eigenvalue weighted by molar-refractivity contribution is -0.137. The zero-order chi connectivity index (χ0) is 23.2. The number of nitrogens with one attached hydrogen (secondary N) is 3. The molecular weight excluding hydrogens is 455 g/mol. The molecule has 1 aliphatic carbocycles. The third-order valence-electron chi connectivity index (χ3n) is 6.43. The molecule has 0 spiro atoms. The Morgan fingerprint density at radius 2 is 1.97 bits per heavy atom. The second-order valence-corrected chi connectivity index (χ2v) is 9.54. The Bertz CT molecular complexity index is 1160. The predicted octanol–water partition coefficient (Wildman–Crippen LogP) is 5.52. The number of imidazole rings is 1. The molecule has 1 saturated carbocycles. The van der Waals surface area contributed by atoms with Crippen LogP contribution in [0.25, 0.3) is 11.2 Å². The van der Waals surface area contributed by atoms with Crippen LogP contribution in [-0.4, -0.2) is 38.1 Å². The van der Waals surface area contributed by atoms with E-state index in [-0.39, 0.29) is 22.3 Å². The normalized spacial score (nSPS) is 20.5. The highest BCUT2D eigenvalue weighted by atomic mass is 35.5. The van der Waals surface area contributed by atoms with E-state index in [9.17, 15) is 13.2 Å². The van der Waals surface area contributed by atoms with E-state index in [0.717, 1.165) is 37.9 Å². The van der Waals surface area contributed by atoms with Crippen LogP contribution in [0.1, 0.15) is 50.6 Å². The maximum atomic E-state index is 13.3. The highest BCUT2D eigenvalue weighted by Gasteiger charge is 2.32. The molecule has 0 radical (unpaired) electrons. The van der Waals surface area contributed by atoms with E-state index >= 15 is 0 Å². The topological polar surface area (TPSA) is 79.7 Å². The number of fused-ring (bicyclic) bond motifs is 1. The highest BCUT2D eigenvalue weighted by Crippen LogP contribution is 2.36. The minimum absolute atomic E-state index is 0.00592. The van der Waals surface area contributed by atoms with Gasteiger partial charge in [0.05, 0.1) is 17.8 Å². The third kappa shape index (κ3) is 4.59. The molecule has 1 saturated heterocycles. The molecule has 7 nitrogen and oxygen atoms in total. The first kappa shape index (κ1) is 22.2. The van der Waals surface area contributed by atoms with Gasteiger partial charge in [-0.05, 0) is 50.9 Å². The molecule has 3 aromatic rings. The number of rotatable bonds is 5. The number of hydrogen-bond donors (Lipinski definition) is 3. The Hall–Kier alpha value is -2.59. The fourth-order valence-corrected chi connectivity index (χ4v) is 4.98. The van der Waals surface area contributed by atoms with Crippen LogP contribution in [0.3, 0.4) is 0 Å². The van der Waals surface area contributed by atoms with Gasteiger partial charge in [-0.1, -0.05) is 24.4 Å². The summed E-state index contributed by atoms with van der Waals surface area (Å²) in [6.45, 7) is 3.73. The summed E-state index contributed by atoms with van der Waals surface area (Å²) in [7, 11) is 0. The molecule has 33 heavy (non-hydrogen) atoms. The number of hydrogen-bond acceptors (Lipinski definition) is 6. The molecule has 1 aliphatic heterocycles. The van der Waals surface area contributed by atoms with Crippen LogP contribution in [0.5, 0.6) is 0 Å². The van der Waals surface area contributed by atoms with Gasteiger partial charge < -0.3 is 16.0 Å². The van der Waals surface area contributed by atoms with Gasteiger partial charge in [-0.25, -0.2) is 9.97 Å². The van der Waals surface area contributed by atoms with Crippen molar-refractivity contribution in [2.24, 2.45) is 0 Å². The van der Waals surface area contributed by atoms with E-state index in [1.807, 2.05) is 4.57 Å². The van der Waals surface area contributed by atoms with Crippen LogP contribution in [0.15, 0.2) is 24.4 Å². The molecule has 11 heteroatoms. The van der Waals surface area contributed by atoms with Crippen molar-refractivity contribution >= 4 is 40.3 Å². The van der Waals surface area contributed by atoms with Gasteiger partial charge in [-0.2, -0.15) is 18.2 Å². The average Bonchev–Trinajstić information content (AvgIpc) is 3.47. The van der Waals surface area contributed by atoms with Crippen LogP contribution in [-0.2, 0) is 6.18 Å². The van der Waals surface area contributed by atoms with Gasteiger partial charge >= 0.3 is 6.18 Å². The zero-order valence-corrected chi connectivity index (χ0v) is 18.9. The largest absolute Gasteiger partial charge is 0.416 e. The summed E-state index contributed by atoms with van der Waals surface area (Å²) in [6.07, 6.45) is 2.47. The number of anilines is 3. The Labute approximate surface area is 194 Å². The van der Waals surface area contributed by atoms with Crippen molar-refractivity contribution in [2.75, 3.05) is 23.7 Å². The lowest BCUT2D eigenvalue weighted by atomic mass is 10.0. The summed E-state index contributed by atoms with van der Waals surface area (Å²) in [5, 5.41) is 9.84. The van der Waals surface area contributed by atoms with Crippen molar-refractivity contribution in [3.05, 3.63) is 35.0 Å².